The van der Waals surface area contributed by atoms with Crippen molar-refractivity contribution in [3.63, 3.8) is 0 Å². The summed E-state index contributed by atoms with van der Waals surface area (Å²) in [4.78, 5) is 15.9. The van der Waals surface area contributed by atoms with Gasteiger partial charge in [-0.1, -0.05) is 6.07 Å². The third kappa shape index (κ3) is 3.98. The Balaban J connectivity index is 1.78. The summed E-state index contributed by atoms with van der Waals surface area (Å²) in [6, 6.07) is 10.7. The van der Waals surface area contributed by atoms with Gasteiger partial charge in [0, 0.05) is 11.9 Å². The van der Waals surface area contributed by atoms with E-state index < -0.39 is 0 Å². The second-order valence-corrected chi connectivity index (χ2v) is 4.40. The maximum Gasteiger partial charge on any atom is 0.258 e. The van der Waals surface area contributed by atoms with E-state index in [1.807, 2.05) is 19.1 Å². The number of aromatic nitrogens is 1. The van der Waals surface area contributed by atoms with Crippen molar-refractivity contribution in [2.75, 3.05) is 12.3 Å². The summed E-state index contributed by atoms with van der Waals surface area (Å²) in [6.07, 6.45) is 1.71. The Hall–Kier alpha value is -2.56. The minimum absolute atomic E-state index is 0.0319. The molecule has 0 saturated carbocycles. The molecular formula is C15H17N3O2. The fourth-order valence-electron chi connectivity index (χ4n) is 1.65. The Morgan fingerprint density at radius 3 is 2.75 bits per heavy atom. The number of nitrogens with one attached hydrogen (secondary N) is 1. The highest BCUT2D eigenvalue weighted by molar-refractivity contribution is 5.77. The molecule has 1 aromatic carbocycles. The van der Waals surface area contributed by atoms with Crippen LogP contribution in [0, 0.1) is 6.92 Å². The van der Waals surface area contributed by atoms with E-state index in [1.165, 1.54) is 0 Å². The molecule has 0 radical (unpaired) electrons. The molecular weight excluding hydrogens is 254 g/mol. The van der Waals surface area contributed by atoms with Crippen LogP contribution in [0.15, 0.2) is 42.6 Å². The second-order valence-electron chi connectivity index (χ2n) is 4.40. The minimum Gasteiger partial charge on any atom is -0.484 e. The number of benzene rings is 1. The predicted molar refractivity (Wildman–Crippen MR) is 77.2 cm³/mol. The number of nitrogens with zero attached hydrogens (tertiary/aromatic N) is 1. The molecule has 1 heterocycles. The quantitative estimate of drug-likeness (QED) is 0.811. The normalized spacial score (nSPS) is 10.1. The second kappa shape index (κ2) is 6.56. The van der Waals surface area contributed by atoms with Crippen molar-refractivity contribution < 1.29 is 9.53 Å². The van der Waals surface area contributed by atoms with Crippen LogP contribution in [0.2, 0.25) is 0 Å². The van der Waals surface area contributed by atoms with Gasteiger partial charge in [-0.25, -0.2) is 0 Å². The molecule has 20 heavy (non-hydrogen) atoms. The van der Waals surface area contributed by atoms with Crippen LogP contribution in [-0.2, 0) is 11.3 Å². The summed E-state index contributed by atoms with van der Waals surface area (Å²) in [7, 11) is 0. The van der Waals surface area contributed by atoms with Crippen molar-refractivity contribution in [2.45, 2.75) is 13.5 Å². The van der Waals surface area contributed by atoms with E-state index in [-0.39, 0.29) is 12.5 Å². The van der Waals surface area contributed by atoms with Crippen LogP contribution in [0.25, 0.3) is 0 Å². The zero-order valence-electron chi connectivity index (χ0n) is 11.3. The molecule has 2 rings (SSSR count). The van der Waals surface area contributed by atoms with Gasteiger partial charge in [0.05, 0.1) is 12.2 Å². The van der Waals surface area contributed by atoms with Crippen molar-refractivity contribution in [2.24, 2.45) is 0 Å². The molecule has 0 saturated heterocycles. The number of ether oxygens (including phenoxy) is 1. The summed E-state index contributed by atoms with van der Waals surface area (Å²) >= 11 is 0. The van der Waals surface area contributed by atoms with Gasteiger partial charge in [-0.3, -0.25) is 9.78 Å². The lowest BCUT2D eigenvalue weighted by atomic mass is 10.2. The van der Waals surface area contributed by atoms with Crippen molar-refractivity contribution in [3.8, 4) is 5.75 Å². The molecule has 0 fully saturated rings. The predicted octanol–water partition coefficient (Wildman–Crippen LogP) is 1.67. The third-order valence-electron chi connectivity index (χ3n) is 2.82. The summed E-state index contributed by atoms with van der Waals surface area (Å²) in [5.74, 6) is 0.426. The van der Waals surface area contributed by atoms with Gasteiger partial charge in [-0.15, -0.1) is 0 Å². The number of nitrogen functional groups attached to an aromatic ring is 1. The fourth-order valence-corrected chi connectivity index (χ4v) is 1.65. The van der Waals surface area contributed by atoms with Gasteiger partial charge in [0.15, 0.2) is 6.61 Å². The number of carbonyl (C=O) groups excluding carboxylic acids is 1. The molecule has 5 nitrogen and oxygen atoms in total. The Labute approximate surface area is 117 Å². The first kappa shape index (κ1) is 13.9. The van der Waals surface area contributed by atoms with Gasteiger partial charge < -0.3 is 15.8 Å². The summed E-state index contributed by atoms with van der Waals surface area (Å²) in [5.41, 5.74) is 8.13. The van der Waals surface area contributed by atoms with Crippen LogP contribution in [0.4, 0.5) is 5.69 Å². The van der Waals surface area contributed by atoms with E-state index in [0.717, 1.165) is 11.3 Å². The van der Waals surface area contributed by atoms with E-state index in [1.54, 1.807) is 30.5 Å². The first-order chi connectivity index (χ1) is 9.65. The Morgan fingerprint density at radius 2 is 2.05 bits per heavy atom. The molecule has 1 aromatic heterocycles. The Morgan fingerprint density at radius 1 is 1.30 bits per heavy atom. The van der Waals surface area contributed by atoms with Gasteiger partial charge >= 0.3 is 0 Å². The molecule has 1 amide bonds. The number of amides is 1. The first-order valence-corrected chi connectivity index (χ1v) is 6.30. The number of hydrogen-bond donors (Lipinski definition) is 2. The molecule has 3 N–H and O–H groups in total. The molecule has 0 spiro atoms. The topological polar surface area (TPSA) is 77.2 Å². The smallest absolute Gasteiger partial charge is 0.258 e. The highest BCUT2D eigenvalue weighted by Crippen LogP contribution is 2.12. The number of anilines is 1. The average molecular weight is 271 g/mol. The number of nitrogens with two attached hydrogens (primary N) is 1. The van der Waals surface area contributed by atoms with Gasteiger partial charge in [-0.2, -0.15) is 0 Å². The molecule has 0 aliphatic carbocycles. The lowest BCUT2D eigenvalue weighted by molar-refractivity contribution is -0.123. The fraction of sp³-hybridized carbons (Fsp3) is 0.200. The van der Waals surface area contributed by atoms with E-state index >= 15 is 0 Å². The Bertz CT molecular complexity index is 582. The van der Waals surface area contributed by atoms with Crippen LogP contribution in [0.1, 0.15) is 11.3 Å². The zero-order chi connectivity index (χ0) is 14.4. The number of pyridine rings is 1. The summed E-state index contributed by atoms with van der Waals surface area (Å²) < 4.78 is 5.35. The average Bonchev–Trinajstić information content (AvgIpc) is 2.46. The van der Waals surface area contributed by atoms with Crippen LogP contribution in [-0.4, -0.2) is 17.5 Å². The molecule has 5 heteroatoms. The van der Waals surface area contributed by atoms with Gasteiger partial charge in [-0.05, 0) is 42.8 Å². The van der Waals surface area contributed by atoms with Crippen molar-refractivity contribution in [1.29, 1.82) is 0 Å². The molecule has 0 bridgehead atoms. The molecule has 2 aromatic rings. The number of aryl methyl sites for hydroxylation is 1. The van der Waals surface area contributed by atoms with Crippen molar-refractivity contribution in [1.82, 2.24) is 10.3 Å². The van der Waals surface area contributed by atoms with Crippen molar-refractivity contribution in [3.05, 3.63) is 53.9 Å². The summed E-state index contributed by atoms with van der Waals surface area (Å²) in [6.45, 7) is 2.33. The van der Waals surface area contributed by atoms with E-state index in [0.29, 0.717) is 18.0 Å². The molecule has 0 unspecified atom stereocenters. The van der Waals surface area contributed by atoms with Crippen LogP contribution < -0.4 is 15.8 Å². The highest BCUT2D eigenvalue weighted by Gasteiger charge is 2.04. The van der Waals surface area contributed by atoms with Crippen LogP contribution in [0.5, 0.6) is 5.75 Å². The largest absolute Gasteiger partial charge is 0.484 e. The standard InChI is InChI=1S/C15H17N3O2/c1-11-3-2-8-17-14(11)9-18-15(19)10-20-13-6-4-12(16)5-7-13/h2-8H,9-10,16H2,1H3,(H,18,19). The van der Waals surface area contributed by atoms with E-state index in [9.17, 15) is 4.79 Å². The molecule has 0 atom stereocenters. The lowest BCUT2D eigenvalue weighted by Crippen LogP contribution is -2.29. The monoisotopic (exact) mass is 271 g/mol. The first-order valence-electron chi connectivity index (χ1n) is 6.30. The van der Waals surface area contributed by atoms with E-state index in [2.05, 4.69) is 10.3 Å². The maximum atomic E-state index is 11.7. The molecule has 0 aliphatic rings. The number of carbonyl (C=O) groups is 1. The van der Waals surface area contributed by atoms with Crippen LogP contribution in [0.3, 0.4) is 0 Å². The lowest BCUT2D eigenvalue weighted by Gasteiger charge is -2.08. The van der Waals surface area contributed by atoms with Gasteiger partial charge in [0.2, 0.25) is 0 Å². The molecule has 104 valence electrons. The number of hydrogen-bond acceptors (Lipinski definition) is 4. The van der Waals surface area contributed by atoms with Crippen LogP contribution >= 0.6 is 0 Å². The van der Waals surface area contributed by atoms with Crippen molar-refractivity contribution >= 4 is 11.6 Å². The van der Waals surface area contributed by atoms with E-state index in [4.69, 9.17) is 10.5 Å². The summed E-state index contributed by atoms with van der Waals surface area (Å²) in [5, 5.41) is 2.77. The third-order valence-corrected chi connectivity index (χ3v) is 2.82. The van der Waals surface area contributed by atoms with Gasteiger partial charge in [0.1, 0.15) is 5.75 Å². The molecule has 0 aliphatic heterocycles. The minimum atomic E-state index is -0.188. The Kier molecular flexibility index (Phi) is 4.55. The van der Waals surface area contributed by atoms with Gasteiger partial charge in [0.25, 0.3) is 5.91 Å². The highest BCUT2D eigenvalue weighted by atomic mass is 16.5. The number of rotatable bonds is 5. The maximum absolute atomic E-state index is 11.7. The zero-order valence-corrected chi connectivity index (χ0v) is 11.3. The SMILES string of the molecule is Cc1cccnc1CNC(=O)COc1ccc(N)cc1.